The van der Waals surface area contributed by atoms with E-state index in [-0.39, 0.29) is 6.42 Å². The number of carbonyl (C=O) groups excluding carboxylic acids is 1. The van der Waals surface area contributed by atoms with Crippen LogP contribution >= 0.6 is 6.89 Å². The van der Waals surface area contributed by atoms with Crippen LogP contribution in [0.25, 0.3) is 0 Å². The van der Waals surface area contributed by atoms with Gasteiger partial charge in [-0.25, -0.2) is 4.39 Å². The molecule has 0 aliphatic carbocycles. The van der Waals surface area contributed by atoms with Crippen LogP contribution in [-0.4, -0.2) is 17.8 Å². The number of rotatable bonds is 7. The topological polar surface area (TPSA) is 17.1 Å². The molecule has 1 nitrogen and oxygen atoms in total. The normalized spacial score (nSPS) is 12.2. The third kappa shape index (κ3) is 4.60. The fraction of sp³-hybridized carbons (Fsp3) is 0.0714. The van der Waals surface area contributed by atoms with Crippen molar-refractivity contribution in [2.24, 2.45) is 0 Å². The summed E-state index contributed by atoms with van der Waals surface area (Å²) in [6.45, 7) is -2.48. The number of Topliss-reactive ketones (excluding diaryl/α,β-unsaturated/α-hetero) is 1. The Balaban J connectivity index is 1.90. The van der Waals surface area contributed by atoms with Gasteiger partial charge in [-0.2, -0.15) is 0 Å². The van der Waals surface area contributed by atoms with E-state index in [9.17, 15) is 4.79 Å². The minimum Gasteiger partial charge on any atom is -0.291 e. The maximum Gasteiger partial charge on any atom is 0.191 e. The van der Waals surface area contributed by atoms with Crippen molar-refractivity contribution in [3.63, 3.8) is 0 Å². The first-order valence-electron chi connectivity index (χ1n) is 10.3. The van der Waals surface area contributed by atoms with Crippen LogP contribution in [0.3, 0.4) is 0 Å². The van der Waals surface area contributed by atoms with Crippen molar-refractivity contribution in [3.8, 4) is 0 Å². The molecule has 0 heterocycles. The van der Waals surface area contributed by atoms with Crippen molar-refractivity contribution in [3.05, 3.63) is 127 Å². The Morgan fingerprint density at radius 3 is 1.39 bits per heavy atom. The second-order valence-corrected chi connectivity index (χ2v) is 10.7. The quantitative estimate of drug-likeness (QED) is 0.383. The average molecular weight is 426 g/mol. The molecule has 0 bridgehead atoms. The molecule has 0 amide bonds. The van der Waals surface area contributed by atoms with Crippen molar-refractivity contribution in [2.75, 3.05) is 0 Å². The maximum absolute atomic E-state index is 15.2. The lowest BCUT2D eigenvalue weighted by Crippen LogP contribution is -2.31. The standard InChI is InChI=1S/C28H24FOP/c29-27(21-23-13-5-1-6-14-23)28(30)22-31(24-15-7-2-8-16-24,25-17-9-3-10-18-25)26-19-11-4-12-20-26/h1-20,22,27H,21H2. The second kappa shape index (κ2) is 9.73. The Kier molecular flexibility index (Phi) is 6.60. The summed E-state index contributed by atoms with van der Waals surface area (Å²) in [5, 5.41) is 3.10. The monoisotopic (exact) mass is 426 g/mol. The van der Waals surface area contributed by atoms with Gasteiger partial charge in [0.15, 0.2) is 12.0 Å². The highest BCUT2D eigenvalue weighted by Gasteiger charge is 2.28. The summed E-state index contributed by atoms with van der Waals surface area (Å²) in [5.41, 5.74) is 0.819. The van der Waals surface area contributed by atoms with E-state index in [4.69, 9.17) is 0 Å². The minimum absolute atomic E-state index is 0.0779. The van der Waals surface area contributed by atoms with E-state index in [0.717, 1.165) is 21.5 Å². The van der Waals surface area contributed by atoms with E-state index >= 15 is 4.39 Å². The molecule has 31 heavy (non-hydrogen) atoms. The summed E-state index contributed by atoms with van der Waals surface area (Å²) in [7, 11) is 0. The lowest BCUT2D eigenvalue weighted by atomic mass is 10.1. The number of benzene rings is 4. The molecule has 0 N–H and O–H groups in total. The van der Waals surface area contributed by atoms with Crippen LogP contribution in [0, 0.1) is 0 Å². The Morgan fingerprint density at radius 2 is 1.00 bits per heavy atom. The highest BCUT2D eigenvalue weighted by Crippen LogP contribution is 2.43. The molecule has 0 aromatic heterocycles. The molecule has 0 aliphatic heterocycles. The van der Waals surface area contributed by atoms with Gasteiger partial charge in [-0.1, -0.05) is 121 Å². The summed E-state index contributed by atoms with van der Waals surface area (Å²) in [6, 6.07) is 39.3. The Morgan fingerprint density at radius 1 is 0.645 bits per heavy atom. The molecule has 0 aliphatic rings. The molecular formula is C28H24FOP. The van der Waals surface area contributed by atoms with E-state index in [1.165, 1.54) is 0 Å². The van der Waals surface area contributed by atoms with Gasteiger partial charge in [-0.3, -0.25) is 4.79 Å². The molecule has 1 atom stereocenters. The van der Waals surface area contributed by atoms with Crippen LogP contribution in [-0.2, 0) is 11.2 Å². The molecule has 4 aromatic rings. The van der Waals surface area contributed by atoms with Crippen LogP contribution in [0.1, 0.15) is 5.56 Å². The van der Waals surface area contributed by atoms with E-state index in [1.807, 2.05) is 121 Å². The van der Waals surface area contributed by atoms with Gasteiger partial charge < -0.3 is 0 Å². The van der Waals surface area contributed by atoms with E-state index in [0.29, 0.717) is 0 Å². The molecule has 0 saturated heterocycles. The van der Waals surface area contributed by atoms with E-state index in [2.05, 4.69) is 0 Å². The lowest BCUT2D eigenvalue weighted by Gasteiger charge is -2.28. The third-order valence-electron chi connectivity index (χ3n) is 5.38. The average Bonchev–Trinajstić information content (AvgIpc) is 2.84. The molecular weight excluding hydrogens is 402 g/mol. The number of ketones is 1. The summed E-state index contributed by atoms with van der Waals surface area (Å²) in [6.07, 6.45) is -1.51. The van der Waals surface area contributed by atoms with E-state index < -0.39 is 18.8 Å². The lowest BCUT2D eigenvalue weighted by molar-refractivity contribution is -0.116. The Hall–Kier alpha value is -3.22. The molecule has 0 radical (unpaired) electrons. The molecule has 1 unspecified atom stereocenters. The number of hydrogen-bond donors (Lipinski definition) is 0. The van der Waals surface area contributed by atoms with Gasteiger partial charge in [0.2, 0.25) is 0 Å². The fourth-order valence-electron chi connectivity index (χ4n) is 3.85. The molecule has 0 saturated carbocycles. The number of hydrogen-bond acceptors (Lipinski definition) is 1. The zero-order valence-corrected chi connectivity index (χ0v) is 18.0. The number of carbonyl (C=O) groups is 1. The van der Waals surface area contributed by atoms with Gasteiger partial charge in [0.25, 0.3) is 0 Å². The molecule has 3 heteroatoms. The maximum atomic E-state index is 15.2. The predicted molar refractivity (Wildman–Crippen MR) is 131 cm³/mol. The molecule has 0 fully saturated rings. The number of halogens is 1. The highest BCUT2D eigenvalue weighted by molar-refractivity contribution is 7.95. The van der Waals surface area contributed by atoms with E-state index in [1.54, 1.807) is 5.80 Å². The highest BCUT2D eigenvalue weighted by atomic mass is 31.2. The van der Waals surface area contributed by atoms with Crippen molar-refractivity contribution in [1.29, 1.82) is 0 Å². The van der Waals surface area contributed by atoms with Crippen LogP contribution in [0.2, 0.25) is 0 Å². The zero-order valence-electron chi connectivity index (χ0n) is 17.1. The van der Waals surface area contributed by atoms with Crippen LogP contribution in [0.4, 0.5) is 4.39 Å². The number of alkyl halides is 1. The van der Waals surface area contributed by atoms with Crippen molar-refractivity contribution >= 4 is 34.4 Å². The molecule has 154 valence electrons. The van der Waals surface area contributed by atoms with Crippen molar-refractivity contribution < 1.29 is 9.18 Å². The van der Waals surface area contributed by atoms with Gasteiger partial charge in [0, 0.05) is 6.42 Å². The predicted octanol–water partition coefficient (Wildman–Crippen LogP) is 4.93. The fourth-order valence-corrected chi connectivity index (χ4v) is 7.67. The van der Waals surface area contributed by atoms with Crippen LogP contribution < -0.4 is 15.9 Å². The first-order chi connectivity index (χ1) is 15.2. The summed E-state index contributed by atoms with van der Waals surface area (Å²) >= 11 is 0. The third-order valence-corrected chi connectivity index (χ3v) is 9.36. The van der Waals surface area contributed by atoms with Crippen molar-refractivity contribution in [1.82, 2.24) is 0 Å². The molecule has 0 spiro atoms. The first kappa shape index (κ1) is 21.0. The van der Waals surface area contributed by atoms with Crippen LogP contribution in [0.15, 0.2) is 121 Å². The second-order valence-electron chi connectivity index (χ2n) is 7.42. The summed E-state index contributed by atoms with van der Waals surface area (Å²) < 4.78 is 15.2. The molecule has 4 aromatic carbocycles. The summed E-state index contributed by atoms with van der Waals surface area (Å²) in [4.78, 5) is 13.3. The SMILES string of the molecule is O=C(C=P(c1ccccc1)(c1ccccc1)c1ccccc1)C(F)Cc1ccccc1. The molecule has 4 rings (SSSR count). The smallest absolute Gasteiger partial charge is 0.191 e. The van der Waals surface area contributed by atoms with Crippen LogP contribution in [0.5, 0.6) is 0 Å². The largest absolute Gasteiger partial charge is 0.291 e. The van der Waals surface area contributed by atoms with Crippen molar-refractivity contribution in [2.45, 2.75) is 12.6 Å². The first-order valence-corrected chi connectivity index (χ1v) is 12.2. The summed E-state index contributed by atoms with van der Waals surface area (Å²) in [5.74, 6) is 1.22. The van der Waals surface area contributed by atoms with Gasteiger partial charge in [0.1, 0.15) is 0 Å². The van der Waals surface area contributed by atoms with Gasteiger partial charge >= 0.3 is 0 Å². The minimum atomic E-state index is -2.48. The van der Waals surface area contributed by atoms with Gasteiger partial charge in [-0.15, -0.1) is 0 Å². The zero-order chi connectivity index (χ0) is 21.5. The van der Waals surface area contributed by atoms with Gasteiger partial charge in [-0.05, 0) is 34.2 Å². The Bertz CT molecular complexity index is 1070. The Labute approximate surface area is 183 Å². The van der Waals surface area contributed by atoms with Gasteiger partial charge in [0.05, 0.1) is 0 Å².